The van der Waals surface area contributed by atoms with Gasteiger partial charge in [0.1, 0.15) is 5.82 Å². The minimum absolute atomic E-state index is 0.117. The Morgan fingerprint density at radius 2 is 1.97 bits per heavy atom. The smallest absolute Gasteiger partial charge is 0.254 e. The Bertz CT molecular complexity index is 793. The van der Waals surface area contributed by atoms with E-state index in [2.05, 4.69) is 21.7 Å². The van der Waals surface area contributed by atoms with Gasteiger partial charge in [0.2, 0.25) is 5.91 Å². The summed E-state index contributed by atoms with van der Waals surface area (Å²) in [4.78, 5) is 36.8. The van der Waals surface area contributed by atoms with Crippen molar-refractivity contribution in [3.05, 3.63) is 23.9 Å². The van der Waals surface area contributed by atoms with Crippen molar-refractivity contribution in [2.75, 3.05) is 24.5 Å². The molecule has 29 heavy (non-hydrogen) atoms. The Labute approximate surface area is 173 Å². The maximum absolute atomic E-state index is 13.3. The molecule has 3 aliphatic heterocycles. The molecule has 3 atom stereocenters. The number of rotatable bonds is 3. The SMILES string of the molecule is C[C@@H]1CCCCN1c1cc(C(=O)N2CC[C@H]3[C@H](CCC(=O)N3C3CC3)C2)ccn1. The number of pyridine rings is 1. The average molecular weight is 397 g/mol. The number of nitrogens with zero attached hydrogens (tertiary/aromatic N) is 4. The molecule has 156 valence electrons. The zero-order valence-corrected chi connectivity index (χ0v) is 17.4. The minimum atomic E-state index is 0.117. The zero-order valence-electron chi connectivity index (χ0n) is 17.4. The first-order valence-corrected chi connectivity index (χ1v) is 11.4. The van der Waals surface area contributed by atoms with Crippen LogP contribution in [0.15, 0.2) is 18.3 Å². The number of amides is 2. The van der Waals surface area contributed by atoms with E-state index in [4.69, 9.17) is 0 Å². The van der Waals surface area contributed by atoms with Crippen molar-refractivity contribution >= 4 is 17.6 Å². The number of anilines is 1. The molecule has 1 aliphatic carbocycles. The summed E-state index contributed by atoms with van der Waals surface area (Å²) in [7, 11) is 0. The van der Waals surface area contributed by atoms with Gasteiger partial charge in [0.25, 0.3) is 5.91 Å². The summed E-state index contributed by atoms with van der Waals surface area (Å²) < 4.78 is 0. The molecule has 0 aromatic carbocycles. The number of carbonyl (C=O) groups is 2. The third-order valence-electron chi connectivity index (χ3n) is 7.39. The van der Waals surface area contributed by atoms with E-state index in [9.17, 15) is 9.59 Å². The van der Waals surface area contributed by atoms with Gasteiger partial charge in [0.15, 0.2) is 0 Å². The quantitative estimate of drug-likeness (QED) is 0.788. The van der Waals surface area contributed by atoms with Crippen LogP contribution in [-0.4, -0.2) is 64.4 Å². The fourth-order valence-electron chi connectivity index (χ4n) is 5.63. The lowest BCUT2D eigenvalue weighted by Gasteiger charge is -2.47. The molecule has 1 saturated carbocycles. The van der Waals surface area contributed by atoms with Gasteiger partial charge >= 0.3 is 0 Å². The molecule has 4 heterocycles. The van der Waals surface area contributed by atoms with Crippen LogP contribution in [0.3, 0.4) is 0 Å². The van der Waals surface area contributed by atoms with E-state index in [-0.39, 0.29) is 5.91 Å². The minimum Gasteiger partial charge on any atom is -0.354 e. The lowest BCUT2D eigenvalue weighted by molar-refractivity contribution is -0.141. The summed E-state index contributed by atoms with van der Waals surface area (Å²) in [6.07, 6.45) is 10.2. The number of fused-ring (bicyclic) bond motifs is 1. The molecule has 1 aromatic heterocycles. The molecule has 0 spiro atoms. The first kappa shape index (κ1) is 18.9. The van der Waals surface area contributed by atoms with Gasteiger partial charge in [-0.3, -0.25) is 9.59 Å². The van der Waals surface area contributed by atoms with E-state index in [0.717, 1.165) is 56.7 Å². The Hall–Kier alpha value is -2.11. The van der Waals surface area contributed by atoms with Crippen LogP contribution in [0.1, 0.15) is 68.6 Å². The topological polar surface area (TPSA) is 56.8 Å². The van der Waals surface area contributed by atoms with Gasteiger partial charge in [0.05, 0.1) is 0 Å². The fourth-order valence-corrected chi connectivity index (χ4v) is 5.63. The highest BCUT2D eigenvalue weighted by atomic mass is 16.2. The van der Waals surface area contributed by atoms with Crippen LogP contribution in [0.2, 0.25) is 0 Å². The predicted molar refractivity (Wildman–Crippen MR) is 112 cm³/mol. The zero-order chi connectivity index (χ0) is 20.0. The van der Waals surface area contributed by atoms with E-state index < -0.39 is 0 Å². The molecule has 0 unspecified atom stereocenters. The molecule has 5 rings (SSSR count). The maximum atomic E-state index is 13.3. The molecule has 0 radical (unpaired) electrons. The number of hydrogen-bond acceptors (Lipinski definition) is 4. The summed E-state index contributed by atoms with van der Waals surface area (Å²) in [5.41, 5.74) is 0.747. The maximum Gasteiger partial charge on any atom is 0.254 e. The molecule has 6 heteroatoms. The Morgan fingerprint density at radius 1 is 1.10 bits per heavy atom. The van der Waals surface area contributed by atoms with Crippen LogP contribution in [0, 0.1) is 5.92 Å². The largest absolute Gasteiger partial charge is 0.354 e. The molecule has 4 aliphatic rings. The first-order valence-electron chi connectivity index (χ1n) is 11.4. The predicted octanol–water partition coefficient (Wildman–Crippen LogP) is 3.08. The van der Waals surface area contributed by atoms with E-state index in [0.29, 0.717) is 36.4 Å². The number of carbonyl (C=O) groups excluding carboxylic acids is 2. The highest BCUT2D eigenvalue weighted by Crippen LogP contribution is 2.39. The van der Waals surface area contributed by atoms with E-state index in [1.54, 1.807) is 6.20 Å². The second-order valence-corrected chi connectivity index (χ2v) is 9.38. The third kappa shape index (κ3) is 3.62. The van der Waals surface area contributed by atoms with E-state index in [1.165, 1.54) is 19.3 Å². The van der Waals surface area contributed by atoms with Crippen LogP contribution in [0.4, 0.5) is 5.82 Å². The van der Waals surface area contributed by atoms with Gasteiger partial charge in [-0.15, -0.1) is 0 Å². The molecular formula is C23H32N4O2. The monoisotopic (exact) mass is 396 g/mol. The molecule has 2 amide bonds. The molecule has 3 saturated heterocycles. The van der Waals surface area contributed by atoms with Crippen LogP contribution in [0.5, 0.6) is 0 Å². The van der Waals surface area contributed by atoms with Crippen molar-refractivity contribution in [3.63, 3.8) is 0 Å². The summed E-state index contributed by atoms with van der Waals surface area (Å²) in [5.74, 6) is 1.81. The Balaban J connectivity index is 1.29. The van der Waals surface area contributed by atoms with Crippen LogP contribution >= 0.6 is 0 Å². The number of aromatic nitrogens is 1. The van der Waals surface area contributed by atoms with Crippen LogP contribution in [0.25, 0.3) is 0 Å². The van der Waals surface area contributed by atoms with Crippen molar-refractivity contribution in [2.45, 2.75) is 76.4 Å². The van der Waals surface area contributed by atoms with Crippen molar-refractivity contribution in [1.82, 2.24) is 14.8 Å². The van der Waals surface area contributed by atoms with Crippen LogP contribution < -0.4 is 4.90 Å². The summed E-state index contributed by atoms with van der Waals surface area (Å²) >= 11 is 0. The number of hydrogen-bond donors (Lipinski definition) is 0. The third-order valence-corrected chi connectivity index (χ3v) is 7.39. The van der Waals surface area contributed by atoms with Gasteiger partial charge < -0.3 is 14.7 Å². The highest BCUT2D eigenvalue weighted by molar-refractivity contribution is 5.95. The van der Waals surface area contributed by atoms with E-state index in [1.807, 2.05) is 17.0 Å². The van der Waals surface area contributed by atoms with Crippen molar-refractivity contribution in [1.29, 1.82) is 0 Å². The lowest BCUT2D eigenvalue weighted by Crippen LogP contribution is -2.57. The van der Waals surface area contributed by atoms with Crippen LogP contribution in [-0.2, 0) is 4.79 Å². The van der Waals surface area contributed by atoms with Gasteiger partial charge in [-0.1, -0.05) is 0 Å². The average Bonchev–Trinajstić information content (AvgIpc) is 3.58. The molecule has 6 nitrogen and oxygen atoms in total. The van der Waals surface area contributed by atoms with Gasteiger partial charge in [-0.2, -0.15) is 0 Å². The Morgan fingerprint density at radius 3 is 2.76 bits per heavy atom. The van der Waals surface area contributed by atoms with Gasteiger partial charge in [-0.25, -0.2) is 4.98 Å². The number of piperidine rings is 3. The highest BCUT2D eigenvalue weighted by Gasteiger charge is 2.45. The summed E-state index contributed by atoms with van der Waals surface area (Å²) in [5, 5.41) is 0. The Kier molecular flexibility index (Phi) is 4.96. The first-order chi connectivity index (χ1) is 14.1. The fraction of sp³-hybridized carbons (Fsp3) is 0.696. The molecule has 0 N–H and O–H groups in total. The summed E-state index contributed by atoms with van der Waals surface area (Å²) in [6.45, 7) is 4.78. The standard InChI is InChI=1S/C23H32N4O2/c1-16-4-2-3-12-26(16)21-14-17(9-11-24-21)23(29)25-13-10-20-18(15-25)5-8-22(28)27(20)19-6-7-19/h9,11,14,16,18-20H,2-8,10,12-13,15H2,1H3/t16-,18-,20+/m1/s1. The second-order valence-electron chi connectivity index (χ2n) is 9.38. The lowest BCUT2D eigenvalue weighted by atomic mass is 9.83. The second kappa shape index (κ2) is 7.62. The normalized spacial score (nSPS) is 30.3. The van der Waals surface area contributed by atoms with Gasteiger partial charge in [0, 0.05) is 55.9 Å². The van der Waals surface area contributed by atoms with Gasteiger partial charge in [-0.05, 0) is 69.9 Å². The molecular weight excluding hydrogens is 364 g/mol. The molecule has 1 aromatic rings. The van der Waals surface area contributed by atoms with Crippen molar-refractivity contribution < 1.29 is 9.59 Å². The van der Waals surface area contributed by atoms with E-state index >= 15 is 0 Å². The van der Waals surface area contributed by atoms with Crippen molar-refractivity contribution in [3.8, 4) is 0 Å². The molecule has 0 bridgehead atoms. The number of likely N-dealkylation sites (tertiary alicyclic amines) is 2. The summed E-state index contributed by atoms with van der Waals surface area (Å²) in [6, 6.07) is 5.14. The van der Waals surface area contributed by atoms with Crippen molar-refractivity contribution in [2.24, 2.45) is 5.92 Å². The molecule has 4 fully saturated rings.